The Kier molecular flexibility index (Phi) is 11.7. The molecule has 2 bridgehead atoms. The van der Waals surface area contributed by atoms with E-state index in [0.29, 0.717) is 5.56 Å². The molecule has 0 spiro atoms. The second-order valence-electron chi connectivity index (χ2n) is 17.8. The number of methoxy groups -OCH3 is 1. The average Bonchev–Trinajstić information content (AvgIpc) is 3.16. The smallest absolute Gasteiger partial charge is 0.408 e. The van der Waals surface area contributed by atoms with Crippen LogP contribution in [0.15, 0.2) is 71.8 Å². The molecule has 3 fully saturated rings. The molecule has 0 aromatic heterocycles. The Morgan fingerprint density at radius 3 is 2.10 bits per heavy atom. The Morgan fingerprint density at radius 1 is 0.949 bits per heavy atom. The van der Waals surface area contributed by atoms with Crippen LogP contribution in [0.4, 0.5) is 4.79 Å². The molecule has 15 nitrogen and oxygen atoms in total. The van der Waals surface area contributed by atoms with Crippen molar-refractivity contribution in [1.29, 1.82) is 0 Å². The standard InChI is InChI=1S/C44H55NO14/c1-23-27(56-38(51)33(54-9)31(25-16-12-10-13-17-25)45-39(52)59-40(3,4)5)21-44(53)36(57-37(50)26-18-14-11-15-19-26)34-42(8,35(49)32(48)30(23)41(44,6)7)28(47)20-29-43(34,22-55-29)58-24(2)46/h10-19,27-29,31-34,36,47-48,53H,20-22H2,1-9H3,(H,45,52)/t27-,28-,29?,31-,32+,33+,34?,36-,42?,43-,44+/m0/s1. The summed E-state index contributed by atoms with van der Waals surface area (Å²) in [4.78, 5) is 69.6. The number of aliphatic hydroxyl groups is 3. The monoisotopic (exact) mass is 821 g/mol. The van der Waals surface area contributed by atoms with Crippen molar-refractivity contribution >= 4 is 29.8 Å². The molecule has 59 heavy (non-hydrogen) atoms. The van der Waals surface area contributed by atoms with Gasteiger partial charge in [-0.2, -0.15) is 0 Å². The van der Waals surface area contributed by atoms with E-state index in [1.165, 1.54) is 33.1 Å². The predicted molar refractivity (Wildman–Crippen MR) is 208 cm³/mol. The lowest BCUT2D eigenvalue weighted by Gasteiger charge is -2.67. The second-order valence-corrected chi connectivity index (χ2v) is 17.8. The average molecular weight is 822 g/mol. The molecule has 4 aliphatic rings. The third-order valence-electron chi connectivity index (χ3n) is 12.8. The fourth-order valence-electron chi connectivity index (χ4n) is 9.78. The number of hydrogen-bond acceptors (Lipinski definition) is 14. The highest BCUT2D eigenvalue weighted by molar-refractivity contribution is 5.94. The number of rotatable bonds is 9. The normalized spacial score (nSPS) is 33.3. The van der Waals surface area contributed by atoms with Crippen LogP contribution in [0.25, 0.3) is 0 Å². The van der Waals surface area contributed by atoms with Gasteiger partial charge in [-0.25, -0.2) is 14.4 Å². The zero-order valence-electron chi connectivity index (χ0n) is 34.8. The van der Waals surface area contributed by atoms with Crippen molar-refractivity contribution < 1.29 is 67.7 Å². The van der Waals surface area contributed by atoms with E-state index >= 15 is 4.79 Å². The Bertz CT molecular complexity index is 1990. The Balaban J connectivity index is 1.50. The molecule has 2 aromatic carbocycles. The summed E-state index contributed by atoms with van der Waals surface area (Å²) in [5.41, 5.74) is -7.72. The maximum absolute atomic E-state index is 15.0. The van der Waals surface area contributed by atoms with E-state index in [4.69, 9.17) is 28.4 Å². The van der Waals surface area contributed by atoms with Gasteiger partial charge in [0.2, 0.25) is 0 Å². The molecule has 1 saturated heterocycles. The summed E-state index contributed by atoms with van der Waals surface area (Å²) in [5, 5.41) is 40.4. The van der Waals surface area contributed by atoms with Crippen LogP contribution in [0.5, 0.6) is 0 Å². The predicted octanol–water partition coefficient (Wildman–Crippen LogP) is 3.91. The number of amides is 1. The van der Waals surface area contributed by atoms with Gasteiger partial charge >= 0.3 is 24.0 Å². The third kappa shape index (κ3) is 7.45. The maximum atomic E-state index is 15.0. The minimum absolute atomic E-state index is 0.0179. The molecule has 6 rings (SSSR count). The molecule has 2 aromatic rings. The SMILES string of the molecule is CO[C@@H](C(=O)O[C@H]1C[C@@]2(O)[C@@H](OC(=O)c3ccccc3)C3C(C)(C(=O)[C@H](O)C(=C1C)C2(C)C)[C@@H](O)CC1OC[C@]13OC(C)=O)[C@@H](NC(=O)OC(C)(C)C)c1ccccc1. The Labute approximate surface area is 343 Å². The Hall–Kier alpha value is -4.67. The highest BCUT2D eigenvalue weighted by atomic mass is 16.6. The van der Waals surface area contributed by atoms with Crippen LogP contribution in [-0.4, -0.2) is 112 Å². The number of esters is 3. The number of benzene rings is 2. The van der Waals surface area contributed by atoms with Gasteiger partial charge < -0.3 is 49.1 Å². The minimum atomic E-state index is -2.31. The van der Waals surface area contributed by atoms with Gasteiger partial charge in [0.25, 0.3) is 0 Å². The van der Waals surface area contributed by atoms with Crippen molar-refractivity contribution in [1.82, 2.24) is 5.32 Å². The first-order valence-electron chi connectivity index (χ1n) is 19.7. The molecule has 1 amide bonds. The first kappa shape index (κ1) is 43.9. The van der Waals surface area contributed by atoms with Gasteiger partial charge in [0.1, 0.15) is 35.6 Å². The van der Waals surface area contributed by atoms with Gasteiger partial charge in [0.15, 0.2) is 17.5 Å². The van der Waals surface area contributed by atoms with E-state index in [1.807, 2.05) is 0 Å². The lowest BCUT2D eigenvalue weighted by Crippen LogP contribution is -2.81. The van der Waals surface area contributed by atoms with Crippen LogP contribution < -0.4 is 5.32 Å². The van der Waals surface area contributed by atoms with Crippen LogP contribution in [0, 0.1) is 16.7 Å². The summed E-state index contributed by atoms with van der Waals surface area (Å²) >= 11 is 0. The fraction of sp³-hybridized carbons (Fsp3) is 0.568. The van der Waals surface area contributed by atoms with Gasteiger partial charge in [-0.3, -0.25) is 9.59 Å². The highest BCUT2D eigenvalue weighted by Crippen LogP contribution is 2.64. The van der Waals surface area contributed by atoms with Crippen molar-refractivity contribution in [3.05, 3.63) is 82.9 Å². The van der Waals surface area contributed by atoms with Crippen molar-refractivity contribution in [3.8, 4) is 0 Å². The van der Waals surface area contributed by atoms with Crippen LogP contribution in [0.2, 0.25) is 0 Å². The molecule has 3 aliphatic carbocycles. The van der Waals surface area contributed by atoms with Crippen LogP contribution in [-0.2, 0) is 42.8 Å². The van der Waals surface area contributed by atoms with E-state index in [0.717, 1.165) is 0 Å². The van der Waals surface area contributed by atoms with Crippen molar-refractivity contribution in [2.45, 2.75) is 128 Å². The molecule has 320 valence electrons. The number of Topliss-reactive ketones (excluding diaryl/α,β-unsaturated/α-hetero) is 1. The number of hydrogen-bond donors (Lipinski definition) is 4. The first-order valence-corrected chi connectivity index (χ1v) is 19.7. The van der Waals surface area contributed by atoms with Crippen LogP contribution in [0.3, 0.4) is 0 Å². The lowest BCUT2D eigenvalue weighted by atomic mass is 9.44. The molecule has 1 aliphatic heterocycles. The quantitative estimate of drug-likeness (QED) is 0.161. The summed E-state index contributed by atoms with van der Waals surface area (Å²) in [6.45, 7) is 12.1. The third-order valence-corrected chi connectivity index (χ3v) is 12.8. The number of aliphatic hydroxyl groups excluding tert-OH is 2. The molecule has 11 atom stereocenters. The number of alkyl carbamates (subject to hydrolysis) is 1. The molecule has 15 heteroatoms. The first-order chi connectivity index (χ1) is 27.5. The minimum Gasteiger partial charge on any atom is -0.456 e. The summed E-state index contributed by atoms with van der Waals surface area (Å²) in [6, 6.07) is 15.3. The maximum Gasteiger partial charge on any atom is 0.408 e. The van der Waals surface area contributed by atoms with Gasteiger partial charge in [0, 0.05) is 32.3 Å². The molecular formula is C44H55NO14. The van der Waals surface area contributed by atoms with Gasteiger partial charge in [0.05, 0.1) is 35.6 Å². The second kappa shape index (κ2) is 15.7. The number of ether oxygens (including phenoxy) is 6. The number of carbonyl (C=O) groups excluding carboxylic acids is 5. The molecule has 3 unspecified atom stereocenters. The van der Waals surface area contributed by atoms with Crippen molar-refractivity contribution in [2.75, 3.05) is 13.7 Å². The fourth-order valence-corrected chi connectivity index (χ4v) is 9.78. The van der Waals surface area contributed by atoms with Gasteiger partial charge in [-0.05, 0) is 63.5 Å². The number of fused-ring (bicyclic) bond motifs is 5. The Morgan fingerprint density at radius 2 is 1.56 bits per heavy atom. The van der Waals surface area contributed by atoms with E-state index in [9.17, 15) is 34.5 Å². The zero-order valence-corrected chi connectivity index (χ0v) is 34.8. The van der Waals surface area contributed by atoms with Gasteiger partial charge in [-0.1, -0.05) is 62.4 Å². The molecular weight excluding hydrogens is 766 g/mol. The van der Waals surface area contributed by atoms with Crippen LogP contribution in [0.1, 0.15) is 90.2 Å². The van der Waals surface area contributed by atoms with Crippen molar-refractivity contribution in [3.63, 3.8) is 0 Å². The molecule has 0 radical (unpaired) electrons. The van der Waals surface area contributed by atoms with E-state index in [2.05, 4.69) is 5.32 Å². The topological polar surface area (TPSA) is 213 Å². The van der Waals surface area contributed by atoms with E-state index < -0.39 is 112 Å². The molecule has 2 saturated carbocycles. The van der Waals surface area contributed by atoms with E-state index in [1.54, 1.807) is 90.1 Å². The summed E-state index contributed by atoms with van der Waals surface area (Å²) in [5.74, 6) is -5.02. The van der Waals surface area contributed by atoms with Gasteiger partial charge in [-0.15, -0.1) is 0 Å². The summed E-state index contributed by atoms with van der Waals surface area (Å²) in [7, 11) is 1.26. The van der Waals surface area contributed by atoms with Crippen LogP contribution >= 0.6 is 0 Å². The highest BCUT2D eigenvalue weighted by Gasteiger charge is 2.78. The number of ketones is 1. The number of carbonyl (C=O) groups is 5. The summed E-state index contributed by atoms with van der Waals surface area (Å²) in [6.07, 6.45) is -10.6. The molecule has 1 heterocycles. The molecule has 4 N–H and O–H groups in total. The van der Waals surface area contributed by atoms with Crippen molar-refractivity contribution in [2.24, 2.45) is 16.7 Å². The lowest BCUT2D eigenvalue weighted by molar-refractivity contribution is -0.346. The largest absolute Gasteiger partial charge is 0.456 e. The van der Waals surface area contributed by atoms with E-state index in [-0.39, 0.29) is 29.7 Å². The summed E-state index contributed by atoms with van der Waals surface area (Å²) < 4.78 is 35.6. The number of nitrogens with one attached hydrogen (secondary N) is 1. The zero-order chi connectivity index (χ0) is 43.5.